The van der Waals surface area contributed by atoms with Crippen molar-refractivity contribution in [1.29, 1.82) is 0 Å². The summed E-state index contributed by atoms with van der Waals surface area (Å²) in [5, 5.41) is 3.81. The van der Waals surface area contributed by atoms with Crippen molar-refractivity contribution in [3.05, 3.63) is 29.9 Å². The third kappa shape index (κ3) is 1.77. The van der Waals surface area contributed by atoms with E-state index in [9.17, 15) is 4.39 Å². The van der Waals surface area contributed by atoms with Crippen LogP contribution in [0.4, 0.5) is 10.1 Å². The molecular formula is C12H12FN3O. The molecule has 0 bridgehead atoms. The SMILES string of the molecule is Nc1ccc(-c2noc(C3CCC3)n2)c(F)c1. The average Bonchev–Trinajstić information content (AvgIpc) is 2.64. The molecule has 88 valence electrons. The van der Waals surface area contributed by atoms with Gasteiger partial charge in [0.1, 0.15) is 5.82 Å². The van der Waals surface area contributed by atoms with Gasteiger partial charge < -0.3 is 10.3 Å². The van der Waals surface area contributed by atoms with E-state index in [2.05, 4.69) is 10.1 Å². The van der Waals surface area contributed by atoms with E-state index in [-0.39, 0.29) is 0 Å². The normalized spacial score (nSPS) is 15.8. The summed E-state index contributed by atoms with van der Waals surface area (Å²) in [5.74, 6) is 0.839. The third-order valence-electron chi connectivity index (χ3n) is 3.13. The molecule has 1 saturated carbocycles. The van der Waals surface area contributed by atoms with Crippen LogP contribution in [0, 0.1) is 5.82 Å². The number of nitrogen functional groups attached to an aromatic ring is 1. The predicted octanol–water partition coefficient (Wildman–Crippen LogP) is 2.73. The first-order valence-electron chi connectivity index (χ1n) is 5.63. The van der Waals surface area contributed by atoms with Crippen LogP contribution in [-0.2, 0) is 0 Å². The van der Waals surface area contributed by atoms with E-state index in [4.69, 9.17) is 10.3 Å². The topological polar surface area (TPSA) is 64.9 Å². The maximum atomic E-state index is 13.6. The second-order valence-electron chi connectivity index (χ2n) is 4.32. The highest BCUT2D eigenvalue weighted by Gasteiger charge is 2.26. The number of aromatic nitrogens is 2. The van der Waals surface area contributed by atoms with Crippen LogP contribution in [0.25, 0.3) is 11.4 Å². The van der Waals surface area contributed by atoms with Crippen LogP contribution < -0.4 is 5.73 Å². The standard InChI is InChI=1S/C12H12FN3O/c13-10-6-8(14)4-5-9(10)11-15-12(17-16-11)7-2-1-3-7/h4-7H,1-3,14H2. The van der Waals surface area contributed by atoms with Crippen molar-refractivity contribution < 1.29 is 8.91 Å². The lowest BCUT2D eigenvalue weighted by Gasteiger charge is -2.20. The van der Waals surface area contributed by atoms with Crippen LogP contribution in [0.3, 0.4) is 0 Å². The molecule has 1 heterocycles. The molecule has 1 fully saturated rings. The highest BCUT2D eigenvalue weighted by Crippen LogP contribution is 2.36. The molecule has 17 heavy (non-hydrogen) atoms. The molecule has 0 atom stereocenters. The number of nitrogens with zero attached hydrogens (tertiary/aromatic N) is 2. The van der Waals surface area contributed by atoms with E-state index < -0.39 is 5.82 Å². The Morgan fingerprint density at radius 3 is 2.82 bits per heavy atom. The van der Waals surface area contributed by atoms with Crippen molar-refractivity contribution in [2.75, 3.05) is 5.73 Å². The Hall–Kier alpha value is -1.91. The number of hydrogen-bond donors (Lipinski definition) is 1. The van der Waals surface area contributed by atoms with Crippen LogP contribution in [0.2, 0.25) is 0 Å². The third-order valence-corrected chi connectivity index (χ3v) is 3.13. The molecular weight excluding hydrogens is 221 g/mol. The molecule has 3 rings (SSSR count). The highest BCUT2D eigenvalue weighted by atomic mass is 19.1. The number of nitrogens with two attached hydrogens (primary N) is 1. The lowest BCUT2D eigenvalue weighted by molar-refractivity contribution is 0.292. The summed E-state index contributed by atoms with van der Waals surface area (Å²) in [5.41, 5.74) is 6.20. The van der Waals surface area contributed by atoms with Crippen molar-refractivity contribution in [3.8, 4) is 11.4 Å². The fraction of sp³-hybridized carbons (Fsp3) is 0.333. The largest absolute Gasteiger partial charge is 0.399 e. The molecule has 0 aliphatic heterocycles. The van der Waals surface area contributed by atoms with Crippen LogP contribution in [0.15, 0.2) is 22.7 Å². The lowest BCUT2D eigenvalue weighted by Crippen LogP contribution is -2.08. The summed E-state index contributed by atoms with van der Waals surface area (Å²) < 4.78 is 18.8. The second-order valence-corrected chi connectivity index (χ2v) is 4.32. The fourth-order valence-electron chi connectivity index (χ4n) is 1.88. The summed E-state index contributed by atoms with van der Waals surface area (Å²) in [7, 11) is 0. The van der Waals surface area contributed by atoms with Gasteiger partial charge in [0.2, 0.25) is 11.7 Å². The van der Waals surface area contributed by atoms with Gasteiger partial charge in [-0.25, -0.2) is 4.39 Å². The summed E-state index contributed by atoms with van der Waals surface area (Å²) in [6.45, 7) is 0. The molecule has 1 aliphatic carbocycles. The zero-order chi connectivity index (χ0) is 11.8. The minimum Gasteiger partial charge on any atom is -0.399 e. The van der Waals surface area contributed by atoms with Crippen LogP contribution in [0.5, 0.6) is 0 Å². The van der Waals surface area contributed by atoms with Crippen molar-refractivity contribution >= 4 is 5.69 Å². The van der Waals surface area contributed by atoms with E-state index in [1.54, 1.807) is 12.1 Å². The number of benzene rings is 1. The summed E-state index contributed by atoms with van der Waals surface area (Å²) in [4.78, 5) is 4.23. The first-order valence-corrected chi connectivity index (χ1v) is 5.63. The number of hydrogen-bond acceptors (Lipinski definition) is 4. The Morgan fingerprint density at radius 2 is 2.18 bits per heavy atom. The molecule has 0 saturated heterocycles. The lowest BCUT2D eigenvalue weighted by atomic mass is 9.85. The molecule has 1 aliphatic rings. The van der Waals surface area contributed by atoms with Gasteiger partial charge in [-0.1, -0.05) is 11.6 Å². The molecule has 2 N–H and O–H groups in total. The summed E-state index contributed by atoms with van der Waals surface area (Å²) >= 11 is 0. The van der Waals surface area contributed by atoms with Gasteiger partial charge in [-0.05, 0) is 31.0 Å². The van der Waals surface area contributed by atoms with E-state index in [1.165, 1.54) is 12.5 Å². The van der Waals surface area contributed by atoms with Gasteiger partial charge in [-0.2, -0.15) is 4.98 Å². The van der Waals surface area contributed by atoms with Gasteiger partial charge in [-0.15, -0.1) is 0 Å². The summed E-state index contributed by atoms with van der Waals surface area (Å²) in [6.07, 6.45) is 3.34. The molecule has 0 unspecified atom stereocenters. The van der Waals surface area contributed by atoms with Crippen LogP contribution in [-0.4, -0.2) is 10.1 Å². The van der Waals surface area contributed by atoms with Gasteiger partial charge in [0, 0.05) is 11.6 Å². The quantitative estimate of drug-likeness (QED) is 0.810. The van der Waals surface area contributed by atoms with Crippen molar-refractivity contribution in [3.63, 3.8) is 0 Å². The molecule has 1 aromatic carbocycles. The molecule has 0 spiro atoms. The Bertz CT molecular complexity index is 548. The molecule has 2 aromatic rings. The zero-order valence-corrected chi connectivity index (χ0v) is 9.19. The molecule has 1 aromatic heterocycles. The van der Waals surface area contributed by atoms with Gasteiger partial charge >= 0.3 is 0 Å². The molecule has 0 radical (unpaired) electrons. The second kappa shape index (κ2) is 3.84. The van der Waals surface area contributed by atoms with Gasteiger partial charge in [0.15, 0.2) is 0 Å². The smallest absolute Gasteiger partial charge is 0.230 e. The van der Waals surface area contributed by atoms with Crippen LogP contribution >= 0.6 is 0 Å². The maximum absolute atomic E-state index is 13.6. The van der Waals surface area contributed by atoms with E-state index in [0.717, 1.165) is 12.8 Å². The van der Waals surface area contributed by atoms with Crippen molar-refractivity contribution in [2.24, 2.45) is 0 Å². The first-order chi connectivity index (χ1) is 8.24. The first kappa shape index (κ1) is 10.3. The Balaban J connectivity index is 1.94. The fourth-order valence-corrected chi connectivity index (χ4v) is 1.88. The maximum Gasteiger partial charge on any atom is 0.230 e. The predicted molar refractivity (Wildman–Crippen MR) is 60.7 cm³/mol. The zero-order valence-electron chi connectivity index (χ0n) is 9.19. The minimum atomic E-state index is -0.425. The van der Waals surface area contributed by atoms with Gasteiger partial charge in [-0.3, -0.25) is 0 Å². The van der Waals surface area contributed by atoms with E-state index in [0.29, 0.717) is 28.9 Å². The van der Waals surface area contributed by atoms with Gasteiger partial charge in [0.25, 0.3) is 0 Å². The minimum absolute atomic E-state index is 0.296. The average molecular weight is 233 g/mol. The van der Waals surface area contributed by atoms with Crippen molar-refractivity contribution in [2.45, 2.75) is 25.2 Å². The number of halogens is 1. The van der Waals surface area contributed by atoms with E-state index in [1.807, 2.05) is 0 Å². The van der Waals surface area contributed by atoms with E-state index >= 15 is 0 Å². The molecule has 0 amide bonds. The monoisotopic (exact) mass is 233 g/mol. The van der Waals surface area contributed by atoms with Crippen LogP contribution in [0.1, 0.15) is 31.1 Å². The summed E-state index contributed by atoms with van der Waals surface area (Å²) in [6, 6.07) is 4.45. The Kier molecular flexibility index (Phi) is 2.31. The number of anilines is 1. The Labute approximate surface area is 97.6 Å². The Morgan fingerprint density at radius 1 is 1.35 bits per heavy atom. The van der Waals surface area contributed by atoms with Crippen molar-refractivity contribution in [1.82, 2.24) is 10.1 Å². The highest BCUT2D eigenvalue weighted by molar-refractivity contribution is 5.59. The molecule has 4 nitrogen and oxygen atoms in total. The van der Waals surface area contributed by atoms with Gasteiger partial charge in [0.05, 0.1) is 5.56 Å². The number of rotatable bonds is 2. The molecule has 5 heteroatoms.